The average Bonchev–Trinajstić information content (AvgIpc) is 3.08. The molecular weight excluding hydrogens is 378 g/mol. The van der Waals surface area contributed by atoms with Crippen LogP contribution in [-0.2, 0) is 11.3 Å². The molecule has 0 fully saturated rings. The Balaban J connectivity index is 1.69. The molecule has 0 aliphatic rings. The molecule has 150 valence electrons. The fourth-order valence-corrected chi connectivity index (χ4v) is 2.69. The van der Waals surface area contributed by atoms with E-state index in [1.165, 1.54) is 23.0 Å². The summed E-state index contributed by atoms with van der Waals surface area (Å²) in [4.78, 5) is 36.1. The molecule has 1 aromatic carbocycles. The van der Waals surface area contributed by atoms with Crippen molar-refractivity contribution < 1.29 is 19.4 Å². The van der Waals surface area contributed by atoms with E-state index in [0.29, 0.717) is 29.4 Å². The van der Waals surface area contributed by atoms with Gasteiger partial charge in [-0.15, -0.1) is 0 Å². The third-order valence-electron chi connectivity index (χ3n) is 4.17. The van der Waals surface area contributed by atoms with Gasteiger partial charge in [0.25, 0.3) is 11.5 Å². The molecule has 2 N–H and O–H groups in total. The first kappa shape index (κ1) is 19.8. The van der Waals surface area contributed by atoms with E-state index in [4.69, 9.17) is 9.84 Å². The van der Waals surface area contributed by atoms with Crippen molar-refractivity contribution in [3.05, 3.63) is 69.8 Å². The Morgan fingerprint density at radius 3 is 2.55 bits per heavy atom. The summed E-state index contributed by atoms with van der Waals surface area (Å²) in [6.45, 7) is 1.68. The van der Waals surface area contributed by atoms with Gasteiger partial charge < -0.3 is 14.7 Å². The van der Waals surface area contributed by atoms with Gasteiger partial charge in [0.15, 0.2) is 12.4 Å². The van der Waals surface area contributed by atoms with Crippen molar-refractivity contribution in [1.82, 2.24) is 24.9 Å². The van der Waals surface area contributed by atoms with Gasteiger partial charge >= 0.3 is 5.97 Å². The number of nitrogens with one attached hydrogen (secondary N) is 1. The van der Waals surface area contributed by atoms with Gasteiger partial charge in [0.1, 0.15) is 5.75 Å². The maximum atomic E-state index is 12.8. The zero-order chi connectivity index (χ0) is 21.0. The number of carboxylic acids is 1. The molecule has 2 heterocycles. The van der Waals surface area contributed by atoms with Crippen molar-refractivity contribution in [3.8, 4) is 11.6 Å². The third-order valence-corrected chi connectivity index (χ3v) is 4.17. The van der Waals surface area contributed by atoms with Crippen molar-refractivity contribution in [2.24, 2.45) is 0 Å². The number of aliphatic carboxylic acids is 1. The molecule has 0 aliphatic carbocycles. The molecule has 0 aliphatic heterocycles. The van der Waals surface area contributed by atoms with Crippen LogP contribution in [0.2, 0.25) is 0 Å². The Labute approximate surface area is 165 Å². The van der Waals surface area contributed by atoms with E-state index in [-0.39, 0.29) is 11.5 Å². The number of hydrogen-bond donors (Lipinski definition) is 2. The van der Waals surface area contributed by atoms with Gasteiger partial charge in [0.05, 0.1) is 17.5 Å². The highest BCUT2D eigenvalue weighted by Gasteiger charge is 2.19. The molecular formula is C19H19N5O5. The molecule has 0 bridgehead atoms. The zero-order valence-electron chi connectivity index (χ0n) is 15.8. The van der Waals surface area contributed by atoms with Crippen LogP contribution in [0.25, 0.3) is 5.82 Å². The van der Waals surface area contributed by atoms with Crippen LogP contribution in [-0.4, -0.2) is 55.5 Å². The number of H-pyrrole nitrogens is 1. The molecule has 0 saturated heterocycles. The highest BCUT2D eigenvalue weighted by Crippen LogP contribution is 2.17. The second-order valence-electron chi connectivity index (χ2n) is 6.32. The summed E-state index contributed by atoms with van der Waals surface area (Å²) in [5.41, 5.74) is 1.55. The fourth-order valence-electron chi connectivity index (χ4n) is 2.69. The molecule has 2 aromatic heterocycles. The van der Waals surface area contributed by atoms with Crippen LogP contribution in [0.3, 0.4) is 0 Å². The molecule has 1 amide bonds. The maximum Gasteiger partial charge on any atom is 0.341 e. The number of rotatable bonds is 7. The third kappa shape index (κ3) is 4.67. The van der Waals surface area contributed by atoms with Crippen LogP contribution in [0, 0.1) is 6.92 Å². The Hall–Kier alpha value is -3.95. The van der Waals surface area contributed by atoms with E-state index in [2.05, 4.69) is 15.3 Å². The number of nitrogens with zero attached hydrogens (tertiary/aromatic N) is 4. The van der Waals surface area contributed by atoms with Crippen molar-refractivity contribution in [2.45, 2.75) is 13.5 Å². The minimum atomic E-state index is -1.05. The summed E-state index contributed by atoms with van der Waals surface area (Å²) in [7, 11) is 1.67. The summed E-state index contributed by atoms with van der Waals surface area (Å²) in [5, 5.41) is 19.1. The predicted octanol–water partition coefficient (Wildman–Crippen LogP) is 1.000. The second kappa shape index (κ2) is 8.38. The summed E-state index contributed by atoms with van der Waals surface area (Å²) in [6.07, 6.45) is 1.46. The smallest absolute Gasteiger partial charge is 0.341 e. The largest absolute Gasteiger partial charge is 0.482 e. The van der Waals surface area contributed by atoms with Crippen molar-refractivity contribution in [2.75, 3.05) is 13.7 Å². The minimum Gasteiger partial charge on any atom is -0.482 e. The Morgan fingerprint density at radius 1 is 1.21 bits per heavy atom. The molecule has 0 radical (unpaired) electrons. The number of carbonyl (C=O) groups is 2. The maximum absolute atomic E-state index is 12.8. The van der Waals surface area contributed by atoms with E-state index in [1.807, 2.05) is 0 Å². The predicted molar refractivity (Wildman–Crippen MR) is 102 cm³/mol. The number of amides is 1. The minimum absolute atomic E-state index is 0.218. The van der Waals surface area contributed by atoms with Gasteiger partial charge in [-0.05, 0) is 30.7 Å². The van der Waals surface area contributed by atoms with E-state index in [1.54, 1.807) is 43.1 Å². The Morgan fingerprint density at radius 2 is 1.93 bits per heavy atom. The van der Waals surface area contributed by atoms with Gasteiger partial charge in [0, 0.05) is 19.7 Å². The molecule has 10 heteroatoms. The first-order chi connectivity index (χ1) is 13.8. The topological polar surface area (TPSA) is 130 Å². The van der Waals surface area contributed by atoms with E-state index >= 15 is 0 Å². The van der Waals surface area contributed by atoms with Crippen LogP contribution in [0.5, 0.6) is 5.75 Å². The fraction of sp³-hybridized carbons (Fsp3) is 0.211. The Bertz CT molecular complexity index is 1070. The number of hydrogen-bond acceptors (Lipinski definition) is 6. The number of benzene rings is 1. The molecule has 0 spiro atoms. The normalized spacial score (nSPS) is 10.6. The SMILES string of the molecule is Cc1c(C(=O)N(C)Cc2ccc(OCC(=O)O)cc2)cnn1-c1ccc(=O)[nH]n1. The number of aromatic nitrogens is 4. The highest BCUT2D eigenvalue weighted by molar-refractivity contribution is 5.95. The average molecular weight is 397 g/mol. The molecule has 0 atom stereocenters. The van der Waals surface area contributed by atoms with Crippen LogP contribution in [0.4, 0.5) is 0 Å². The van der Waals surface area contributed by atoms with Gasteiger partial charge in [-0.3, -0.25) is 9.59 Å². The molecule has 3 aromatic rings. The summed E-state index contributed by atoms with van der Waals surface area (Å²) >= 11 is 0. The lowest BCUT2D eigenvalue weighted by Crippen LogP contribution is -2.26. The van der Waals surface area contributed by atoms with E-state index in [9.17, 15) is 14.4 Å². The summed E-state index contributed by atoms with van der Waals surface area (Å²) < 4.78 is 6.57. The molecule has 0 unspecified atom stereocenters. The number of carboxylic acid groups (broad SMARTS) is 1. The van der Waals surface area contributed by atoms with E-state index < -0.39 is 12.6 Å². The van der Waals surface area contributed by atoms with Gasteiger partial charge in [-0.1, -0.05) is 12.1 Å². The van der Waals surface area contributed by atoms with E-state index in [0.717, 1.165) is 5.56 Å². The van der Waals surface area contributed by atoms with Crippen molar-refractivity contribution >= 4 is 11.9 Å². The van der Waals surface area contributed by atoms with Crippen LogP contribution < -0.4 is 10.3 Å². The summed E-state index contributed by atoms with van der Waals surface area (Å²) in [5.74, 6) is -0.423. The molecule has 3 rings (SSSR count). The van der Waals surface area contributed by atoms with Gasteiger partial charge in [-0.2, -0.15) is 10.2 Å². The number of aromatic amines is 1. The second-order valence-corrected chi connectivity index (χ2v) is 6.32. The molecule has 29 heavy (non-hydrogen) atoms. The quantitative estimate of drug-likeness (QED) is 0.608. The van der Waals surface area contributed by atoms with Crippen LogP contribution in [0.1, 0.15) is 21.6 Å². The molecule has 10 nitrogen and oxygen atoms in total. The Kier molecular flexibility index (Phi) is 5.72. The van der Waals surface area contributed by atoms with Crippen LogP contribution >= 0.6 is 0 Å². The lowest BCUT2D eigenvalue weighted by molar-refractivity contribution is -0.139. The van der Waals surface area contributed by atoms with Crippen LogP contribution in [0.15, 0.2) is 47.4 Å². The van der Waals surface area contributed by atoms with Gasteiger partial charge in [-0.25, -0.2) is 14.6 Å². The highest BCUT2D eigenvalue weighted by atomic mass is 16.5. The number of carbonyl (C=O) groups excluding carboxylic acids is 1. The lowest BCUT2D eigenvalue weighted by Gasteiger charge is -2.17. The monoisotopic (exact) mass is 397 g/mol. The van der Waals surface area contributed by atoms with Gasteiger partial charge in [0.2, 0.25) is 0 Å². The van der Waals surface area contributed by atoms with Crippen molar-refractivity contribution in [1.29, 1.82) is 0 Å². The zero-order valence-corrected chi connectivity index (χ0v) is 15.8. The first-order valence-electron chi connectivity index (χ1n) is 8.65. The standard InChI is InChI=1S/C19H19N5O5/c1-12-15(9-20-24(12)16-7-8-17(25)22-21-16)19(28)23(2)10-13-3-5-14(6-4-13)29-11-18(26)27/h3-9H,10-11H2,1-2H3,(H,22,25)(H,26,27). The number of ether oxygens (including phenoxy) is 1. The molecule has 0 saturated carbocycles. The lowest BCUT2D eigenvalue weighted by atomic mass is 10.2. The first-order valence-corrected chi connectivity index (χ1v) is 8.65. The summed E-state index contributed by atoms with van der Waals surface area (Å²) in [6, 6.07) is 9.69. The van der Waals surface area contributed by atoms with Crippen molar-refractivity contribution in [3.63, 3.8) is 0 Å².